The number of hydrogen-bond donors (Lipinski definition) is 3. The predicted octanol–water partition coefficient (Wildman–Crippen LogP) is 2.14. The fourth-order valence-corrected chi connectivity index (χ4v) is 2.08. The minimum Gasteiger partial charge on any atom is -0.391 e. The second-order valence-electron chi connectivity index (χ2n) is 5.40. The van der Waals surface area contributed by atoms with Gasteiger partial charge in [0.15, 0.2) is 5.78 Å². The highest BCUT2D eigenvalue weighted by Crippen LogP contribution is 2.18. The van der Waals surface area contributed by atoms with Gasteiger partial charge in [-0.3, -0.25) is 9.59 Å². The van der Waals surface area contributed by atoms with Gasteiger partial charge < -0.3 is 15.5 Å². The summed E-state index contributed by atoms with van der Waals surface area (Å²) in [6, 6.07) is 14.4. The number of ketones is 1. The van der Waals surface area contributed by atoms with Crippen LogP contribution in [0.1, 0.15) is 17.3 Å². The molecular weight excluding hydrogens is 322 g/mol. The Morgan fingerprint density at radius 1 is 1.00 bits per heavy atom. The van der Waals surface area contributed by atoms with E-state index in [4.69, 9.17) is 5.11 Å². The SMILES string of the molecule is C[C@@H](O)[C@H](NC(=O)c1ccc(N=Nc2ccccc2)cc1)C(=O)CO. The topological polar surface area (TPSA) is 111 Å². The lowest BCUT2D eigenvalue weighted by Gasteiger charge is -2.19. The molecule has 0 saturated heterocycles. The van der Waals surface area contributed by atoms with Gasteiger partial charge in [0, 0.05) is 5.56 Å². The molecule has 2 aromatic carbocycles. The molecule has 0 aliphatic rings. The van der Waals surface area contributed by atoms with E-state index in [-0.39, 0.29) is 0 Å². The molecule has 0 aliphatic heterocycles. The van der Waals surface area contributed by atoms with Crippen molar-refractivity contribution in [3.8, 4) is 0 Å². The van der Waals surface area contributed by atoms with Crippen molar-refractivity contribution in [2.45, 2.75) is 19.1 Å². The summed E-state index contributed by atoms with van der Waals surface area (Å²) >= 11 is 0. The van der Waals surface area contributed by atoms with E-state index in [1.165, 1.54) is 19.1 Å². The number of aliphatic hydroxyl groups excluding tert-OH is 2. The lowest BCUT2D eigenvalue weighted by Crippen LogP contribution is -2.48. The maximum absolute atomic E-state index is 12.2. The van der Waals surface area contributed by atoms with Gasteiger partial charge in [-0.05, 0) is 43.3 Å². The molecule has 0 aromatic heterocycles. The second kappa shape index (κ2) is 8.81. The van der Waals surface area contributed by atoms with Crippen LogP contribution in [0.15, 0.2) is 64.8 Å². The van der Waals surface area contributed by atoms with Crippen molar-refractivity contribution in [3.05, 3.63) is 60.2 Å². The van der Waals surface area contributed by atoms with Crippen LogP contribution in [-0.2, 0) is 4.79 Å². The van der Waals surface area contributed by atoms with Crippen molar-refractivity contribution in [1.29, 1.82) is 0 Å². The second-order valence-corrected chi connectivity index (χ2v) is 5.40. The van der Waals surface area contributed by atoms with Crippen molar-refractivity contribution in [3.63, 3.8) is 0 Å². The van der Waals surface area contributed by atoms with Crippen LogP contribution in [0.3, 0.4) is 0 Å². The van der Waals surface area contributed by atoms with Crippen LogP contribution in [0.2, 0.25) is 0 Å². The number of benzene rings is 2. The zero-order valence-electron chi connectivity index (χ0n) is 13.7. The summed E-state index contributed by atoms with van der Waals surface area (Å²) in [6.07, 6.45) is -1.11. The molecule has 0 aliphatic carbocycles. The smallest absolute Gasteiger partial charge is 0.251 e. The van der Waals surface area contributed by atoms with Gasteiger partial charge in [0.05, 0.1) is 17.5 Å². The van der Waals surface area contributed by atoms with E-state index >= 15 is 0 Å². The number of rotatable bonds is 7. The van der Waals surface area contributed by atoms with Gasteiger partial charge in [0.1, 0.15) is 12.6 Å². The van der Waals surface area contributed by atoms with Crippen LogP contribution < -0.4 is 5.32 Å². The Morgan fingerprint density at radius 2 is 1.56 bits per heavy atom. The number of aliphatic hydroxyl groups is 2. The molecule has 2 rings (SSSR count). The third-order valence-electron chi connectivity index (χ3n) is 3.44. The summed E-state index contributed by atoms with van der Waals surface area (Å²) in [5.41, 5.74) is 1.58. The molecule has 2 atom stereocenters. The number of amides is 1. The lowest BCUT2D eigenvalue weighted by atomic mass is 10.1. The predicted molar refractivity (Wildman–Crippen MR) is 92.1 cm³/mol. The van der Waals surface area contributed by atoms with Crippen molar-refractivity contribution in [1.82, 2.24) is 5.32 Å². The van der Waals surface area contributed by atoms with Crippen LogP contribution in [-0.4, -0.2) is 40.7 Å². The van der Waals surface area contributed by atoms with E-state index in [1.807, 2.05) is 30.3 Å². The molecule has 2 aromatic rings. The maximum Gasteiger partial charge on any atom is 0.251 e. The number of carbonyl (C=O) groups is 2. The standard InChI is InChI=1S/C18H19N3O4/c1-12(23)17(16(24)11-22)19-18(25)13-7-9-15(10-8-13)21-20-14-5-3-2-4-6-14/h2-10,12,17,22-23H,11H2,1H3,(H,19,25)/t12-,17+/m1/s1. The van der Waals surface area contributed by atoms with E-state index in [1.54, 1.807) is 12.1 Å². The molecule has 1 amide bonds. The van der Waals surface area contributed by atoms with Crippen LogP contribution in [0, 0.1) is 0 Å². The van der Waals surface area contributed by atoms with Crippen LogP contribution >= 0.6 is 0 Å². The molecule has 7 nitrogen and oxygen atoms in total. The Bertz CT molecular complexity index is 743. The minimum absolute atomic E-state index is 0.301. The molecule has 0 radical (unpaired) electrons. The summed E-state index contributed by atoms with van der Waals surface area (Å²) in [6.45, 7) is 0.611. The maximum atomic E-state index is 12.2. The average Bonchev–Trinajstić information content (AvgIpc) is 2.64. The van der Waals surface area contributed by atoms with Crippen molar-refractivity contribution in [2.24, 2.45) is 10.2 Å². The number of carbonyl (C=O) groups excluding carboxylic acids is 2. The molecule has 0 heterocycles. The molecule has 0 unspecified atom stereocenters. The van der Waals surface area contributed by atoms with Crippen LogP contribution in [0.4, 0.5) is 11.4 Å². The molecular formula is C18H19N3O4. The molecule has 0 bridgehead atoms. The quantitative estimate of drug-likeness (QED) is 0.670. The number of Topliss-reactive ketones (excluding diaryl/α,β-unsaturated/α-hetero) is 1. The first kappa shape index (κ1) is 18.4. The van der Waals surface area contributed by atoms with Crippen molar-refractivity contribution >= 4 is 23.1 Å². The largest absolute Gasteiger partial charge is 0.391 e. The van der Waals surface area contributed by atoms with Crippen molar-refractivity contribution in [2.75, 3.05) is 6.61 Å². The average molecular weight is 341 g/mol. The van der Waals surface area contributed by atoms with Crippen LogP contribution in [0.5, 0.6) is 0 Å². The van der Waals surface area contributed by atoms with Gasteiger partial charge in [0.2, 0.25) is 0 Å². The minimum atomic E-state index is -1.16. The Kier molecular flexibility index (Phi) is 6.50. The Balaban J connectivity index is 2.04. The highest BCUT2D eigenvalue weighted by molar-refractivity contribution is 5.98. The third-order valence-corrected chi connectivity index (χ3v) is 3.44. The molecule has 0 fully saturated rings. The lowest BCUT2D eigenvalue weighted by molar-refractivity contribution is -0.125. The number of nitrogens with one attached hydrogen (secondary N) is 1. The van der Waals surface area contributed by atoms with E-state index in [2.05, 4.69) is 15.5 Å². The highest BCUT2D eigenvalue weighted by atomic mass is 16.3. The molecule has 0 saturated carbocycles. The van der Waals surface area contributed by atoms with Gasteiger partial charge in [-0.2, -0.15) is 10.2 Å². The Hall–Kier alpha value is -2.90. The highest BCUT2D eigenvalue weighted by Gasteiger charge is 2.25. The first-order chi connectivity index (χ1) is 12.0. The number of azo groups is 1. The fraction of sp³-hybridized carbons (Fsp3) is 0.222. The zero-order valence-corrected chi connectivity index (χ0v) is 13.7. The van der Waals surface area contributed by atoms with Gasteiger partial charge in [-0.1, -0.05) is 18.2 Å². The van der Waals surface area contributed by atoms with E-state index in [0.29, 0.717) is 16.9 Å². The van der Waals surface area contributed by atoms with Gasteiger partial charge in [-0.15, -0.1) is 0 Å². The monoisotopic (exact) mass is 341 g/mol. The van der Waals surface area contributed by atoms with Gasteiger partial charge in [-0.25, -0.2) is 0 Å². The summed E-state index contributed by atoms with van der Waals surface area (Å²) in [4.78, 5) is 23.7. The van der Waals surface area contributed by atoms with Crippen LogP contribution in [0.25, 0.3) is 0 Å². The number of nitrogens with zero attached hydrogens (tertiary/aromatic N) is 2. The molecule has 130 valence electrons. The number of hydrogen-bond acceptors (Lipinski definition) is 6. The molecule has 0 spiro atoms. The first-order valence-electron chi connectivity index (χ1n) is 7.70. The van der Waals surface area contributed by atoms with Gasteiger partial charge in [0.25, 0.3) is 5.91 Å². The summed E-state index contributed by atoms with van der Waals surface area (Å²) in [5, 5.41) is 29.0. The molecule has 25 heavy (non-hydrogen) atoms. The normalized spacial score (nSPS) is 13.4. The van der Waals surface area contributed by atoms with Crippen molar-refractivity contribution < 1.29 is 19.8 Å². The molecule has 7 heteroatoms. The zero-order chi connectivity index (χ0) is 18.2. The summed E-state index contributed by atoms with van der Waals surface area (Å²) in [7, 11) is 0. The first-order valence-corrected chi connectivity index (χ1v) is 7.70. The van der Waals surface area contributed by atoms with E-state index in [0.717, 1.165) is 0 Å². The molecule has 3 N–H and O–H groups in total. The Labute approximate surface area is 145 Å². The van der Waals surface area contributed by atoms with E-state index < -0.39 is 30.4 Å². The van der Waals surface area contributed by atoms with Gasteiger partial charge >= 0.3 is 0 Å². The van der Waals surface area contributed by atoms with E-state index in [9.17, 15) is 14.7 Å². The summed E-state index contributed by atoms with van der Waals surface area (Å²) in [5.74, 6) is -1.18. The summed E-state index contributed by atoms with van der Waals surface area (Å²) < 4.78 is 0. The fourth-order valence-electron chi connectivity index (χ4n) is 2.08. The Morgan fingerprint density at radius 3 is 2.08 bits per heavy atom. The third kappa shape index (κ3) is 5.30.